The minimum atomic E-state index is -0.287. The molecule has 1 unspecified atom stereocenters. The lowest BCUT2D eigenvalue weighted by molar-refractivity contribution is -0.143. The van der Waals surface area contributed by atoms with Crippen molar-refractivity contribution in [3.05, 3.63) is 52.9 Å². The molecule has 0 spiro atoms. The van der Waals surface area contributed by atoms with Crippen LogP contribution in [0.3, 0.4) is 0 Å². The molecule has 1 heterocycles. The summed E-state index contributed by atoms with van der Waals surface area (Å²) in [5, 5.41) is 0. The normalized spacial score (nSPS) is 18.7. The molecule has 3 rings (SSSR count). The van der Waals surface area contributed by atoms with Crippen molar-refractivity contribution >= 4 is 11.7 Å². The second kappa shape index (κ2) is 10.6. The number of fused-ring (bicyclic) bond motifs is 1. The van der Waals surface area contributed by atoms with E-state index >= 15 is 0 Å². The van der Waals surface area contributed by atoms with Crippen molar-refractivity contribution in [2.24, 2.45) is 0 Å². The highest BCUT2D eigenvalue weighted by atomic mass is 19.1. The van der Waals surface area contributed by atoms with E-state index in [9.17, 15) is 9.18 Å². The Balaban J connectivity index is 1.59. The number of carbonyl (C=O) groups is 1. The van der Waals surface area contributed by atoms with Gasteiger partial charge in [-0.3, -0.25) is 4.79 Å². The monoisotopic (exact) mass is 401 g/mol. The average Bonchev–Trinajstić information content (AvgIpc) is 2.72. The van der Waals surface area contributed by atoms with E-state index in [1.165, 1.54) is 23.2 Å². The van der Waals surface area contributed by atoms with E-state index in [1.54, 1.807) is 13.0 Å². The van der Waals surface area contributed by atoms with Gasteiger partial charge in [-0.05, 0) is 56.2 Å². The molecule has 0 radical (unpaired) electrons. The van der Waals surface area contributed by atoms with Gasteiger partial charge in [0.2, 0.25) is 0 Å². The molecule has 158 valence electrons. The minimum absolute atomic E-state index is 0.204. The molecular formula is C24H32FNO3. The number of halogens is 1. The Morgan fingerprint density at radius 2 is 2.17 bits per heavy atom. The number of hydrogen-bond donors (Lipinski definition) is 0. The van der Waals surface area contributed by atoms with E-state index in [0.717, 1.165) is 25.9 Å². The van der Waals surface area contributed by atoms with Gasteiger partial charge in [-0.1, -0.05) is 31.2 Å². The number of aryl methyl sites for hydroxylation is 1. The van der Waals surface area contributed by atoms with Crippen LogP contribution in [0.4, 0.5) is 10.1 Å². The second-order valence-corrected chi connectivity index (χ2v) is 7.65. The lowest BCUT2D eigenvalue weighted by Gasteiger charge is -2.33. The molecule has 0 saturated carbocycles. The fraction of sp³-hybridized carbons (Fsp3) is 0.542. The maximum Gasteiger partial charge on any atom is 0.306 e. The Kier molecular flexibility index (Phi) is 7.87. The summed E-state index contributed by atoms with van der Waals surface area (Å²) in [6.45, 7) is 6.94. The summed E-state index contributed by atoms with van der Waals surface area (Å²) in [6, 6.07) is 6.42. The van der Waals surface area contributed by atoms with Crippen LogP contribution in [-0.4, -0.2) is 31.8 Å². The molecule has 0 amide bonds. The van der Waals surface area contributed by atoms with Gasteiger partial charge in [0, 0.05) is 30.8 Å². The molecule has 1 aromatic carbocycles. The lowest BCUT2D eigenvalue weighted by atomic mass is 9.97. The van der Waals surface area contributed by atoms with Gasteiger partial charge in [-0.25, -0.2) is 4.39 Å². The first-order valence-electron chi connectivity index (χ1n) is 10.8. The van der Waals surface area contributed by atoms with E-state index in [-0.39, 0.29) is 24.3 Å². The fourth-order valence-corrected chi connectivity index (χ4v) is 4.13. The summed E-state index contributed by atoms with van der Waals surface area (Å²) >= 11 is 0. The van der Waals surface area contributed by atoms with Gasteiger partial charge >= 0.3 is 5.97 Å². The molecule has 0 bridgehead atoms. The third kappa shape index (κ3) is 5.69. The van der Waals surface area contributed by atoms with Crippen LogP contribution in [0.25, 0.3) is 0 Å². The highest BCUT2D eigenvalue weighted by Crippen LogP contribution is 2.33. The van der Waals surface area contributed by atoms with Crippen LogP contribution in [0.15, 0.2) is 41.8 Å². The zero-order valence-corrected chi connectivity index (χ0v) is 17.6. The van der Waals surface area contributed by atoms with Crippen LogP contribution >= 0.6 is 0 Å². The topological polar surface area (TPSA) is 38.8 Å². The number of hydrogen-bond acceptors (Lipinski definition) is 4. The Hall–Kier alpha value is -2.14. The summed E-state index contributed by atoms with van der Waals surface area (Å²) in [7, 11) is 0. The van der Waals surface area contributed by atoms with Gasteiger partial charge < -0.3 is 14.4 Å². The fourth-order valence-electron chi connectivity index (χ4n) is 4.13. The predicted octanol–water partition coefficient (Wildman–Crippen LogP) is 5.26. The quantitative estimate of drug-likeness (QED) is 0.529. The number of para-hydroxylation sites is 1. The second-order valence-electron chi connectivity index (χ2n) is 7.65. The maximum absolute atomic E-state index is 14.4. The summed E-state index contributed by atoms with van der Waals surface area (Å²) in [5.74, 6) is -0.571. The van der Waals surface area contributed by atoms with Crippen molar-refractivity contribution in [3.63, 3.8) is 0 Å². The Morgan fingerprint density at radius 1 is 1.31 bits per heavy atom. The van der Waals surface area contributed by atoms with Gasteiger partial charge in [-0.15, -0.1) is 0 Å². The predicted molar refractivity (Wildman–Crippen MR) is 114 cm³/mol. The maximum atomic E-state index is 14.4. The number of anilines is 1. The number of ether oxygens (including phenoxy) is 2. The van der Waals surface area contributed by atoms with Gasteiger partial charge in [-0.2, -0.15) is 0 Å². The highest BCUT2D eigenvalue weighted by molar-refractivity contribution is 5.69. The SMILES string of the molecule is CCCN1CCCc2cccc(COC3C=C(F)C(CCC(=O)OCC)=CC3)c21. The lowest BCUT2D eigenvalue weighted by Crippen LogP contribution is -2.31. The van der Waals surface area contributed by atoms with E-state index in [0.29, 0.717) is 31.6 Å². The van der Waals surface area contributed by atoms with Crippen molar-refractivity contribution in [2.75, 3.05) is 24.6 Å². The number of nitrogens with zero attached hydrogens (tertiary/aromatic N) is 1. The van der Waals surface area contributed by atoms with Crippen LogP contribution in [0.2, 0.25) is 0 Å². The van der Waals surface area contributed by atoms with Crippen molar-refractivity contribution in [1.29, 1.82) is 0 Å². The van der Waals surface area contributed by atoms with Crippen LogP contribution in [0.5, 0.6) is 0 Å². The number of rotatable bonds is 9. The van der Waals surface area contributed by atoms with Crippen LogP contribution in [0.1, 0.15) is 57.1 Å². The highest BCUT2D eigenvalue weighted by Gasteiger charge is 2.21. The van der Waals surface area contributed by atoms with Crippen LogP contribution in [0, 0.1) is 0 Å². The first kappa shape index (κ1) is 21.6. The molecule has 5 heteroatoms. The summed E-state index contributed by atoms with van der Waals surface area (Å²) < 4.78 is 25.4. The molecule has 1 aliphatic heterocycles. The zero-order valence-electron chi connectivity index (χ0n) is 17.6. The van der Waals surface area contributed by atoms with Gasteiger partial charge in [0.25, 0.3) is 0 Å². The molecule has 29 heavy (non-hydrogen) atoms. The largest absolute Gasteiger partial charge is 0.466 e. The Morgan fingerprint density at radius 3 is 2.93 bits per heavy atom. The molecule has 1 aromatic rings. The molecule has 2 aliphatic rings. The van der Waals surface area contributed by atoms with Gasteiger partial charge in [0.1, 0.15) is 5.83 Å². The summed E-state index contributed by atoms with van der Waals surface area (Å²) in [5.41, 5.74) is 4.45. The molecule has 0 fully saturated rings. The molecular weight excluding hydrogens is 369 g/mol. The standard InChI is InChI=1S/C24H32FNO3/c1-3-14-26-15-6-9-19-7-5-8-20(24(19)26)17-29-21-12-10-18(22(25)16-21)11-13-23(27)28-4-2/h5,7-8,10,16,21H,3-4,6,9,11-15,17H2,1-2H3. The minimum Gasteiger partial charge on any atom is -0.466 e. The number of allylic oxidation sites excluding steroid dienone is 2. The zero-order chi connectivity index (χ0) is 20.6. The summed E-state index contributed by atoms with van der Waals surface area (Å²) in [4.78, 5) is 13.9. The molecule has 0 saturated heterocycles. The smallest absolute Gasteiger partial charge is 0.306 e. The molecule has 0 N–H and O–H groups in total. The molecule has 4 nitrogen and oxygen atoms in total. The Bertz CT molecular complexity index is 771. The molecule has 0 aromatic heterocycles. The van der Waals surface area contributed by atoms with Gasteiger partial charge in [0.05, 0.1) is 19.3 Å². The Labute approximate surface area is 173 Å². The van der Waals surface area contributed by atoms with Crippen LogP contribution in [-0.2, 0) is 27.3 Å². The third-order valence-corrected chi connectivity index (χ3v) is 5.48. The van der Waals surface area contributed by atoms with E-state index in [4.69, 9.17) is 9.47 Å². The number of esters is 1. The number of carbonyl (C=O) groups excluding carboxylic acids is 1. The van der Waals surface area contributed by atoms with E-state index in [1.807, 2.05) is 6.08 Å². The summed E-state index contributed by atoms with van der Waals surface area (Å²) in [6.07, 6.45) is 7.72. The first-order chi connectivity index (χ1) is 14.1. The van der Waals surface area contributed by atoms with Crippen molar-refractivity contribution in [1.82, 2.24) is 0 Å². The molecule has 1 aliphatic carbocycles. The van der Waals surface area contributed by atoms with E-state index in [2.05, 4.69) is 30.0 Å². The van der Waals surface area contributed by atoms with Crippen LogP contribution < -0.4 is 4.90 Å². The van der Waals surface area contributed by atoms with Crippen molar-refractivity contribution in [3.8, 4) is 0 Å². The third-order valence-electron chi connectivity index (χ3n) is 5.48. The number of benzene rings is 1. The molecule has 1 atom stereocenters. The van der Waals surface area contributed by atoms with Crippen molar-refractivity contribution in [2.45, 2.75) is 65.1 Å². The van der Waals surface area contributed by atoms with Gasteiger partial charge in [0.15, 0.2) is 0 Å². The van der Waals surface area contributed by atoms with Crippen molar-refractivity contribution < 1.29 is 18.7 Å². The average molecular weight is 402 g/mol. The first-order valence-corrected chi connectivity index (χ1v) is 10.8. The van der Waals surface area contributed by atoms with E-state index < -0.39 is 0 Å².